The molecular weight excluding hydrogens is 219 g/mol. The Morgan fingerprint density at radius 2 is 1.87 bits per heavy atom. The molecule has 5 nitrogen and oxygen atoms in total. The van der Waals surface area contributed by atoms with E-state index in [1.54, 1.807) is 24.3 Å². The van der Waals surface area contributed by atoms with Gasteiger partial charge < -0.3 is 14.5 Å². The first kappa shape index (κ1) is 11.9. The van der Waals surface area contributed by atoms with E-state index in [1.165, 1.54) is 0 Å². The summed E-state index contributed by atoms with van der Waals surface area (Å²) in [5.74, 6) is 0.566. The molecule has 0 spiro atoms. The molecule has 0 saturated carbocycles. The monoisotopic (exact) mass is 230 g/mol. The third kappa shape index (κ3) is 4.25. The van der Waals surface area contributed by atoms with Gasteiger partial charge in [-0.3, -0.25) is 9.36 Å². The number of benzene rings is 1. The number of carbonyl (C=O) groups is 1. The van der Waals surface area contributed by atoms with Gasteiger partial charge in [0, 0.05) is 0 Å². The quantitative estimate of drug-likeness (QED) is 0.741. The van der Waals surface area contributed by atoms with Crippen LogP contribution in [-0.2, 0) is 9.36 Å². The Hall–Kier alpha value is -1.16. The molecule has 82 valence electrons. The zero-order chi connectivity index (χ0) is 11.3. The molecule has 0 saturated heterocycles. The molecule has 0 unspecified atom stereocenters. The van der Waals surface area contributed by atoms with Crippen LogP contribution in [0.3, 0.4) is 0 Å². The van der Waals surface area contributed by atoms with Crippen molar-refractivity contribution in [2.75, 3.05) is 6.61 Å². The summed E-state index contributed by atoms with van der Waals surface area (Å²) in [7, 11) is -4.60. The van der Waals surface area contributed by atoms with E-state index >= 15 is 0 Å². The molecule has 15 heavy (non-hydrogen) atoms. The second kappa shape index (κ2) is 5.07. The highest BCUT2D eigenvalue weighted by molar-refractivity contribution is 7.70. The molecule has 0 aliphatic carbocycles. The Morgan fingerprint density at radius 3 is 2.40 bits per heavy atom. The first-order chi connectivity index (χ1) is 7.00. The van der Waals surface area contributed by atoms with Gasteiger partial charge in [-0.15, -0.1) is 0 Å². The lowest BCUT2D eigenvalue weighted by Crippen LogP contribution is -2.06. The third-order valence-electron chi connectivity index (χ3n) is 1.65. The van der Waals surface area contributed by atoms with Crippen LogP contribution in [-0.4, -0.2) is 21.9 Å². The van der Waals surface area contributed by atoms with Crippen LogP contribution in [0.5, 0.6) is 5.75 Å². The standard InChI is InChI=1S/C9H11O5P/c10-9(15(11,12)13)6-7-14-8-4-2-1-3-5-8/h1-5H,6-7H2,(H2,11,12,13). The summed E-state index contributed by atoms with van der Waals surface area (Å²) in [4.78, 5) is 27.8. The van der Waals surface area contributed by atoms with E-state index in [0.717, 1.165) is 0 Å². The first-order valence-electron chi connectivity index (χ1n) is 4.27. The minimum atomic E-state index is -4.60. The molecule has 6 heteroatoms. The van der Waals surface area contributed by atoms with Crippen molar-refractivity contribution < 1.29 is 23.9 Å². The zero-order valence-corrected chi connectivity index (χ0v) is 8.76. The molecule has 0 atom stereocenters. The van der Waals surface area contributed by atoms with Gasteiger partial charge in [-0.2, -0.15) is 0 Å². The molecule has 1 rings (SSSR count). The highest BCUT2D eigenvalue weighted by Gasteiger charge is 2.24. The number of hydrogen-bond acceptors (Lipinski definition) is 3. The third-order valence-corrected chi connectivity index (χ3v) is 2.53. The summed E-state index contributed by atoms with van der Waals surface area (Å²) in [6.07, 6.45) is -0.292. The van der Waals surface area contributed by atoms with Gasteiger partial charge in [0.25, 0.3) is 0 Å². The smallest absolute Gasteiger partial charge is 0.391 e. The lowest BCUT2D eigenvalue weighted by molar-refractivity contribution is -0.113. The molecule has 0 aromatic heterocycles. The summed E-state index contributed by atoms with van der Waals surface area (Å²) in [5.41, 5.74) is -1.10. The molecule has 0 fully saturated rings. The second-order valence-corrected chi connectivity index (χ2v) is 4.44. The Morgan fingerprint density at radius 1 is 1.27 bits per heavy atom. The average molecular weight is 230 g/mol. The molecular formula is C9H11O5P. The molecule has 0 bridgehead atoms. The second-order valence-electron chi connectivity index (χ2n) is 2.85. The van der Waals surface area contributed by atoms with Crippen LogP contribution in [0, 0.1) is 0 Å². The van der Waals surface area contributed by atoms with E-state index in [2.05, 4.69) is 0 Å². The summed E-state index contributed by atoms with van der Waals surface area (Å²) >= 11 is 0. The van der Waals surface area contributed by atoms with Gasteiger partial charge in [0.2, 0.25) is 5.52 Å². The maximum Gasteiger partial charge on any atom is 0.391 e. The number of para-hydroxylation sites is 1. The molecule has 0 heterocycles. The summed E-state index contributed by atoms with van der Waals surface area (Å²) in [6.45, 7) is -0.0338. The molecule has 0 aliphatic heterocycles. The lowest BCUT2D eigenvalue weighted by Gasteiger charge is -2.05. The minimum Gasteiger partial charge on any atom is -0.493 e. The van der Waals surface area contributed by atoms with Crippen LogP contribution in [0.1, 0.15) is 6.42 Å². The van der Waals surface area contributed by atoms with E-state index in [4.69, 9.17) is 14.5 Å². The molecule has 2 N–H and O–H groups in total. The van der Waals surface area contributed by atoms with Gasteiger partial charge in [-0.1, -0.05) is 18.2 Å². The van der Waals surface area contributed by atoms with E-state index in [1.807, 2.05) is 6.07 Å². The maximum atomic E-state index is 10.8. The van der Waals surface area contributed by atoms with Gasteiger partial charge in [0.15, 0.2) is 0 Å². The van der Waals surface area contributed by atoms with Crippen LogP contribution < -0.4 is 4.74 Å². The van der Waals surface area contributed by atoms with Gasteiger partial charge in [0.05, 0.1) is 13.0 Å². The molecule has 0 aliphatic rings. The van der Waals surface area contributed by atoms with E-state index in [0.29, 0.717) is 5.75 Å². The van der Waals surface area contributed by atoms with E-state index in [9.17, 15) is 9.36 Å². The van der Waals surface area contributed by atoms with Crippen molar-refractivity contribution in [1.82, 2.24) is 0 Å². The number of carbonyl (C=O) groups excluding carboxylic acids is 1. The van der Waals surface area contributed by atoms with Gasteiger partial charge in [0.1, 0.15) is 5.75 Å². The minimum absolute atomic E-state index is 0.0338. The predicted molar refractivity (Wildman–Crippen MR) is 53.6 cm³/mol. The molecule has 1 aromatic carbocycles. The SMILES string of the molecule is O=C(CCOc1ccccc1)P(=O)(O)O. The number of hydrogen-bond donors (Lipinski definition) is 2. The number of ether oxygens (including phenoxy) is 1. The Bertz CT molecular complexity index is 369. The van der Waals surface area contributed by atoms with Crippen LogP contribution in [0.2, 0.25) is 0 Å². The van der Waals surface area contributed by atoms with E-state index < -0.39 is 13.1 Å². The highest BCUT2D eigenvalue weighted by Crippen LogP contribution is 2.36. The van der Waals surface area contributed by atoms with Crippen molar-refractivity contribution in [2.45, 2.75) is 6.42 Å². The lowest BCUT2D eigenvalue weighted by atomic mass is 10.3. The Labute approximate surface area is 86.9 Å². The predicted octanol–water partition coefficient (Wildman–Crippen LogP) is 1.16. The van der Waals surface area contributed by atoms with Gasteiger partial charge in [-0.05, 0) is 12.1 Å². The van der Waals surface area contributed by atoms with Crippen molar-refractivity contribution in [3.8, 4) is 5.75 Å². The fourth-order valence-corrected chi connectivity index (χ4v) is 1.30. The van der Waals surface area contributed by atoms with E-state index in [-0.39, 0.29) is 13.0 Å². The van der Waals surface area contributed by atoms with Gasteiger partial charge >= 0.3 is 7.60 Å². The highest BCUT2D eigenvalue weighted by atomic mass is 31.2. The van der Waals surface area contributed by atoms with Crippen LogP contribution in [0.15, 0.2) is 30.3 Å². The molecule has 1 aromatic rings. The summed E-state index contributed by atoms with van der Waals surface area (Å²) in [6, 6.07) is 8.73. The Balaban J connectivity index is 2.35. The largest absolute Gasteiger partial charge is 0.493 e. The number of rotatable bonds is 5. The van der Waals surface area contributed by atoms with Crippen molar-refractivity contribution in [1.29, 1.82) is 0 Å². The van der Waals surface area contributed by atoms with Crippen molar-refractivity contribution >= 4 is 13.1 Å². The zero-order valence-electron chi connectivity index (χ0n) is 7.87. The fourth-order valence-electron chi connectivity index (χ4n) is 0.919. The van der Waals surface area contributed by atoms with Crippen molar-refractivity contribution in [2.24, 2.45) is 0 Å². The van der Waals surface area contributed by atoms with Crippen molar-refractivity contribution in [3.05, 3.63) is 30.3 Å². The first-order valence-corrected chi connectivity index (χ1v) is 5.88. The van der Waals surface area contributed by atoms with Crippen LogP contribution in [0.25, 0.3) is 0 Å². The topological polar surface area (TPSA) is 83.8 Å². The summed E-state index contributed by atoms with van der Waals surface area (Å²) in [5, 5.41) is 0. The average Bonchev–Trinajstić information content (AvgIpc) is 2.18. The van der Waals surface area contributed by atoms with Crippen LogP contribution in [0.4, 0.5) is 0 Å². The molecule has 0 radical (unpaired) electrons. The molecule has 0 amide bonds. The normalized spacial score (nSPS) is 11.1. The summed E-state index contributed by atoms with van der Waals surface area (Å²) < 4.78 is 15.6. The Kier molecular flexibility index (Phi) is 4.03. The van der Waals surface area contributed by atoms with Crippen molar-refractivity contribution in [3.63, 3.8) is 0 Å². The van der Waals surface area contributed by atoms with Gasteiger partial charge in [-0.25, -0.2) is 0 Å². The van der Waals surface area contributed by atoms with Crippen LogP contribution >= 0.6 is 7.60 Å². The fraction of sp³-hybridized carbons (Fsp3) is 0.222. The maximum absolute atomic E-state index is 10.8.